The molecule has 0 spiro atoms. The van der Waals surface area contributed by atoms with E-state index in [1.165, 1.54) is 22.3 Å². The van der Waals surface area contributed by atoms with Gasteiger partial charge in [0.25, 0.3) is 0 Å². The van der Waals surface area contributed by atoms with E-state index in [0.29, 0.717) is 17.1 Å². The molecule has 6 nitrogen and oxygen atoms in total. The van der Waals surface area contributed by atoms with Gasteiger partial charge in [0.1, 0.15) is 5.82 Å². The summed E-state index contributed by atoms with van der Waals surface area (Å²) in [7, 11) is 0. The molecule has 9 rings (SSSR count). The van der Waals surface area contributed by atoms with E-state index >= 15 is 0 Å². The van der Waals surface area contributed by atoms with Gasteiger partial charge in [-0.25, -0.2) is 4.98 Å². The molecule has 3 heterocycles. The monoisotopic (exact) mass is 991 g/mol. The molecule has 0 N–H and O–H groups in total. The zero-order chi connectivity index (χ0) is 42.8. The van der Waals surface area contributed by atoms with Gasteiger partial charge >= 0.3 is 0 Å². The molecule has 6 aromatic carbocycles. The van der Waals surface area contributed by atoms with Gasteiger partial charge in [0.15, 0.2) is 0 Å². The summed E-state index contributed by atoms with van der Waals surface area (Å²) in [5, 5.41) is 11.7. The summed E-state index contributed by atoms with van der Waals surface area (Å²) in [6.45, 7) is 22.5. The predicted molar refractivity (Wildman–Crippen MR) is 250 cm³/mol. The Labute approximate surface area is 380 Å². The van der Waals surface area contributed by atoms with Crippen molar-refractivity contribution in [2.24, 2.45) is 0 Å². The predicted octanol–water partition coefficient (Wildman–Crippen LogP) is 14.4. The van der Waals surface area contributed by atoms with Crippen LogP contribution in [0, 0.1) is 30.1 Å². The molecule has 0 saturated heterocycles. The van der Waals surface area contributed by atoms with E-state index in [1.54, 1.807) is 0 Å². The summed E-state index contributed by atoms with van der Waals surface area (Å²) in [5.74, 6) is 1.89. The maximum atomic E-state index is 9.78. The number of nitriles is 1. The van der Waals surface area contributed by atoms with Crippen LogP contribution in [-0.4, -0.2) is 9.55 Å². The fourth-order valence-corrected chi connectivity index (χ4v) is 8.13. The van der Waals surface area contributed by atoms with Crippen LogP contribution in [0.15, 0.2) is 134 Å². The quantitative estimate of drug-likeness (QED) is 0.155. The topological polar surface area (TPSA) is 57.3 Å². The standard InChI is InChI=1S/C55H50N5O.Pt/c1-53(2,3)38-25-26-57-51(31-38)60-48-24-21-36(34-56)27-47(48)46-23-22-44(33-50(46)60)61-43-18-13-17-42(32-43)58-35-59(41-15-11-10-12-16-41)52-45(19-14-20-49(52)58)37-28-39(54(4,5)6)30-40(29-37)55(7,8)9;/h10-31,35H,1-9H3;/q-3;. The number of hydrogen-bond donors (Lipinski definition) is 0. The van der Waals surface area contributed by atoms with Gasteiger partial charge in [-0.1, -0.05) is 116 Å². The molecule has 0 aliphatic carbocycles. The number of aromatic nitrogens is 2. The molecule has 1 aliphatic heterocycles. The summed E-state index contributed by atoms with van der Waals surface area (Å²) in [6, 6.07) is 53.6. The van der Waals surface area contributed by atoms with Crippen molar-refractivity contribution in [2.75, 3.05) is 9.80 Å². The molecule has 0 radical (unpaired) electrons. The van der Waals surface area contributed by atoms with E-state index in [4.69, 9.17) is 9.72 Å². The molecule has 8 aromatic rings. The Bertz CT molecular complexity index is 2980. The average Bonchev–Trinajstić information content (AvgIpc) is 3.79. The second kappa shape index (κ2) is 16.0. The molecule has 2 aromatic heterocycles. The Morgan fingerprint density at radius 1 is 0.629 bits per heavy atom. The molecule has 0 bridgehead atoms. The van der Waals surface area contributed by atoms with Gasteiger partial charge in [0, 0.05) is 66.9 Å². The van der Waals surface area contributed by atoms with Crippen molar-refractivity contribution in [2.45, 2.75) is 78.6 Å². The van der Waals surface area contributed by atoms with Gasteiger partial charge < -0.3 is 19.1 Å². The molecule has 0 amide bonds. The first-order valence-corrected chi connectivity index (χ1v) is 20.9. The third kappa shape index (κ3) is 7.91. The minimum absolute atomic E-state index is 0. The number of ether oxygens (including phenoxy) is 1. The molecule has 7 heteroatoms. The van der Waals surface area contributed by atoms with Gasteiger partial charge in [0.2, 0.25) is 0 Å². The first-order valence-electron chi connectivity index (χ1n) is 20.9. The van der Waals surface area contributed by atoms with Crippen molar-refractivity contribution in [3.8, 4) is 34.5 Å². The minimum atomic E-state index is -0.0661. The Morgan fingerprint density at radius 3 is 2.02 bits per heavy atom. The maximum absolute atomic E-state index is 9.78. The second-order valence-electron chi connectivity index (χ2n) is 19.1. The van der Waals surface area contributed by atoms with E-state index in [1.807, 2.05) is 48.7 Å². The summed E-state index contributed by atoms with van der Waals surface area (Å²) < 4.78 is 8.74. The van der Waals surface area contributed by atoms with E-state index < -0.39 is 0 Å². The number of para-hydroxylation sites is 2. The van der Waals surface area contributed by atoms with Gasteiger partial charge in [-0.05, 0) is 92.4 Å². The molecule has 1 aliphatic rings. The van der Waals surface area contributed by atoms with Crippen LogP contribution in [0.2, 0.25) is 0 Å². The zero-order valence-electron chi connectivity index (χ0n) is 36.7. The number of nitrogens with zero attached hydrogens (tertiary/aromatic N) is 5. The molecule has 0 atom stereocenters. The van der Waals surface area contributed by atoms with Gasteiger partial charge in [-0.2, -0.15) is 17.4 Å². The third-order valence-corrected chi connectivity index (χ3v) is 11.6. The number of anilines is 4. The van der Waals surface area contributed by atoms with Crippen molar-refractivity contribution >= 4 is 44.6 Å². The molecular formula is C55H50N5OPt-3. The number of pyridine rings is 1. The largest absolute Gasteiger partial charge is 0.509 e. The average molecular weight is 992 g/mol. The Hall–Kier alpha value is -6.15. The van der Waals surface area contributed by atoms with Crippen LogP contribution in [-0.2, 0) is 37.3 Å². The summed E-state index contributed by atoms with van der Waals surface area (Å²) in [6.07, 6.45) is 1.86. The smallest absolute Gasteiger partial charge is 0.135 e. The van der Waals surface area contributed by atoms with Crippen LogP contribution in [0.5, 0.6) is 11.5 Å². The first-order chi connectivity index (χ1) is 29.1. The molecule has 0 saturated carbocycles. The summed E-state index contributed by atoms with van der Waals surface area (Å²) in [5.41, 5.74) is 12.5. The number of fused-ring (bicyclic) bond motifs is 4. The number of rotatable bonds is 6. The molecule has 62 heavy (non-hydrogen) atoms. The second-order valence-corrected chi connectivity index (χ2v) is 19.1. The molecular weight excluding hydrogens is 942 g/mol. The maximum Gasteiger partial charge on any atom is 0.135 e. The van der Waals surface area contributed by atoms with Gasteiger partial charge in [0.05, 0.1) is 11.6 Å². The van der Waals surface area contributed by atoms with Crippen molar-refractivity contribution in [1.29, 1.82) is 5.26 Å². The van der Waals surface area contributed by atoms with Crippen LogP contribution >= 0.6 is 0 Å². The molecule has 0 fully saturated rings. The normalized spacial score (nSPS) is 13.0. The number of hydrogen-bond acceptors (Lipinski definition) is 5. The first kappa shape index (κ1) is 42.5. The van der Waals surface area contributed by atoms with Crippen molar-refractivity contribution in [3.05, 3.63) is 175 Å². The van der Waals surface area contributed by atoms with E-state index in [9.17, 15) is 5.26 Å². The fourth-order valence-electron chi connectivity index (χ4n) is 8.13. The fraction of sp³-hybridized carbons (Fsp3) is 0.218. The zero-order valence-corrected chi connectivity index (χ0v) is 39.0. The van der Waals surface area contributed by atoms with Crippen LogP contribution < -0.4 is 14.5 Å². The van der Waals surface area contributed by atoms with E-state index in [0.717, 1.165) is 55.9 Å². The van der Waals surface area contributed by atoms with Gasteiger partial charge in [-0.3, -0.25) is 0 Å². The summed E-state index contributed by atoms with van der Waals surface area (Å²) in [4.78, 5) is 9.31. The van der Waals surface area contributed by atoms with Crippen LogP contribution in [0.1, 0.15) is 84.6 Å². The van der Waals surface area contributed by atoms with Gasteiger partial charge in [-0.15, -0.1) is 48.1 Å². The number of benzene rings is 6. The Kier molecular flexibility index (Phi) is 10.9. The van der Waals surface area contributed by atoms with Crippen molar-refractivity contribution in [3.63, 3.8) is 0 Å². The minimum Gasteiger partial charge on any atom is -0.509 e. The molecule has 314 valence electrons. The van der Waals surface area contributed by atoms with Crippen molar-refractivity contribution in [1.82, 2.24) is 9.55 Å². The van der Waals surface area contributed by atoms with E-state index in [-0.39, 0.29) is 37.3 Å². The summed E-state index contributed by atoms with van der Waals surface area (Å²) >= 11 is 0. The van der Waals surface area contributed by atoms with Crippen LogP contribution in [0.4, 0.5) is 22.7 Å². The van der Waals surface area contributed by atoms with Crippen molar-refractivity contribution < 1.29 is 25.8 Å². The van der Waals surface area contributed by atoms with Crippen LogP contribution in [0.3, 0.4) is 0 Å². The Morgan fingerprint density at radius 2 is 1.32 bits per heavy atom. The molecule has 0 unspecified atom stereocenters. The third-order valence-electron chi connectivity index (χ3n) is 11.6. The van der Waals surface area contributed by atoms with E-state index in [2.05, 4.69) is 186 Å². The Balaban J connectivity index is 0.00000529. The SMILES string of the molecule is CC(C)(C)c1cc(-c2cccc3c2N(c2ccccc2)[CH-]N3c2[c-]c(Oc3[c-]c4c(cc3)c3cc(C#N)ccc3n4-c3cc(C(C)(C)C)ccn3)ccc2)cc(C(C)(C)C)c1.[Pt]. The van der Waals surface area contributed by atoms with Crippen LogP contribution in [0.25, 0.3) is 38.8 Å².